The van der Waals surface area contributed by atoms with E-state index in [1.165, 1.54) is 0 Å². The van der Waals surface area contributed by atoms with E-state index in [1.807, 2.05) is 44.2 Å². The maximum Gasteiger partial charge on any atom is 0.303 e. The molecule has 0 aliphatic heterocycles. The van der Waals surface area contributed by atoms with Gasteiger partial charge >= 0.3 is 5.97 Å². The molecule has 5 nitrogen and oxygen atoms in total. The number of carbonyl (C=O) groups is 3. The predicted octanol–water partition coefficient (Wildman–Crippen LogP) is 3.89. The molecule has 0 bridgehead atoms. The number of Topliss-reactive ketones (excluding diaryl/α,β-unsaturated/α-hetero) is 2. The molecule has 1 aliphatic carbocycles. The third kappa shape index (κ3) is 6.74. The van der Waals surface area contributed by atoms with Crippen LogP contribution in [0.1, 0.15) is 57.9 Å². The summed E-state index contributed by atoms with van der Waals surface area (Å²) in [5, 5.41) is 8.68. The molecule has 0 heterocycles. The normalized spacial score (nSPS) is 20.6. The van der Waals surface area contributed by atoms with Crippen molar-refractivity contribution in [3.05, 3.63) is 35.9 Å². The Balaban J connectivity index is 2.04. The molecule has 2 rings (SSSR count). The molecule has 1 aromatic rings. The summed E-state index contributed by atoms with van der Waals surface area (Å²) in [5.74, 6) is -1.62. The molecule has 0 spiro atoms. The first-order valence-electron chi connectivity index (χ1n) is 9.63. The summed E-state index contributed by atoms with van der Waals surface area (Å²) in [6, 6.07) is 9.48. The van der Waals surface area contributed by atoms with E-state index in [1.54, 1.807) is 0 Å². The van der Waals surface area contributed by atoms with Crippen molar-refractivity contribution < 1.29 is 19.5 Å². The molecule has 146 valence electrons. The van der Waals surface area contributed by atoms with Crippen LogP contribution in [0.5, 0.6) is 0 Å². The van der Waals surface area contributed by atoms with Gasteiger partial charge in [0.05, 0.1) is 0 Å². The van der Waals surface area contributed by atoms with E-state index in [0.29, 0.717) is 31.5 Å². The van der Waals surface area contributed by atoms with Crippen LogP contribution >= 0.6 is 0 Å². The van der Waals surface area contributed by atoms with Gasteiger partial charge in [-0.3, -0.25) is 19.4 Å². The zero-order valence-corrected chi connectivity index (χ0v) is 16.2. The highest BCUT2D eigenvalue weighted by molar-refractivity contribution is 6.22. The lowest BCUT2D eigenvalue weighted by Gasteiger charge is -2.34. The average Bonchev–Trinajstić information content (AvgIpc) is 2.57. The second kappa shape index (κ2) is 9.58. The summed E-state index contributed by atoms with van der Waals surface area (Å²) in [6.07, 6.45) is 3.64. The Kier molecular flexibility index (Phi) is 7.45. The molecule has 0 aromatic heterocycles. The molecule has 0 saturated heterocycles. The monoisotopic (exact) mass is 371 g/mol. The van der Waals surface area contributed by atoms with Crippen LogP contribution < -0.4 is 0 Å². The number of carboxylic acid groups (broad SMARTS) is 1. The Labute approximate surface area is 160 Å². The van der Waals surface area contributed by atoms with Gasteiger partial charge in [-0.2, -0.15) is 0 Å². The largest absolute Gasteiger partial charge is 0.481 e. The number of rotatable bonds is 9. The SMILES string of the molecule is CC1(C)CC(=O)C(C(=O)Cc2ccccc2)C(=NCCCCCC(=O)O)C1. The third-order valence-corrected chi connectivity index (χ3v) is 4.87. The molecule has 1 saturated carbocycles. The Hall–Kier alpha value is -2.30. The quantitative estimate of drug-likeness (QED) is 0.527. The fraction of sp³-hybridized carbons (Fsp3) is 0.545. The molecule has 0 amide bonds. The highest BCUT2D eigenvalue weighted by Crippen LogP contribution is 2.35. The number of aliphatic carboxylic acids is 1. The molecular weight excluding hydrogens is 342 g/mol. The van der Waals surface area contributed by atoms with Gasteiger partial charge in [-0.1, -0.05) is 50.6 Å². The Morgan fingerprint density at radius 1 is 1.11 bits per heavy atom. The zero-order valence-electron chi connectivity index (χ0n) is 16.2. The number of carboxylic acids is 1. The summed E-state index contributed by atoms with van der Waals surface area (Å²) in [5.41, 5.74) is 1.44. The molecule has 5 heteroatoms. The van der Waals surface area contributed by atoms with Crippen molar-refractivity contribution in [1.82, 2.24) is 0 Å². The van der Waals surface area contributed by atoms with Gasteiger partial charge in [0.1, 0.15) is 11.7 Å². The molecule has 27 heavy (non-hydrogen) atoms. The average molecular weight is 371 g/mol. The van der Waals surface area contributed by atoms with Gasteiger partial charge in [-0.05, 0) is 30.2 Å². The lowest BCUT2D eigenvalue weighted by Crippen LogP contribution is -2.42. The number of hydrogen-bond donors (Lipinski definition) is 1. The first-order chi connectivity index (χ1) is 12.8. The summed E-state index contributed by atoms with van der Waals surface area (Å²) >= 11 is 0. The maximum atomic E-state index is 12.8. The second-order valence-corrected chi connectivity index (χ2v) is 8.12. The standard InChI is InChI=1S/C22H29NO4/c1-22(2)14-17(23-12-8-4-7-11-20(26)27)21(19(25)15-22)18(24)13-16-9-5-3-6-10-16/h3,5-6,9-10,21H,4,7-8,11-15H2,1-2H3,(H,26,27). The zero-order chi connectivity index (χ0) is 19.9. The van der Waals surface area contributed by atoms with Crippen molar-refractivity contribution in [2.75, 3.05) is 6.54 Å². The van der Waals surface area contributed by atoms with Crippen LogP contribution in [-0.4, -0.2) is 34.9 Å². The van der Waals surface area contributed by atoms with Crippen LogP contribution in [-0.2, 0) is 20.8 Å². The number of aliphatic imine (C=N–C) groups is 1. The van der Waals surface area contributed by atoms with E-state index in [4.69, 9.17) is 5.11 Å². The maximum absolute atomic E-state index is 12.8. The van der Waals surface area contributed by atoms with E-state index in [-0.39, 0.29) is 29.8 Å². The molecular formula is C22H29NO4. The lowest BCUT2D eigenvalue weighted by molar-refractivity contribution is -0.137. The topological polar surface area (TPSA) is 83.8 Å². The van der Waals surface area contributed by atoms with Crippen molar-refractivity contribution >= 4 is 23.2 Å². The Morgan fingerprint density at radius 3 is 2.48 bits per heavy atom. The predicted molar refractivity (Wildman–Crippen MR) is 105 cm³/mol. The molecule has 1 aromatic carbocycles. The van der Waals surface area contributed by atoms with Crippen LogP contribution in [0.4, 0.5) is 0 Å². The van der Waals surface area contributed by atoms with Crippen molar-refractivity contribution in [3.8, 4) is 0 Å². The van der Waals surface area contributed by atoms with Crippen molar-refractivity contribution in [2.24, 2.45) is 16.3 Å². The van der Waals surface area contributed by atoms with Crippen molar-refractivity contribution in [2.45, 2.75) is 58.8 Å². The van der Waals surface area contributed by atoms with Gasteiger partial charge in [0.25, 0.3) is 0 Å². The van der Waals surface area contributed by atoms with Gasteiger partial charge in [0, 0.05) is 31.5 Å². The molecule has 1 unspecified atom stereocenters. The Morgan fingerprint density at radius 2 is 1.81 bits per heavy atom. The molecule has 1 N–H and O–H groups in total. The van der Waals surface area contributed by atoms with Crippen LogP contribution in [0.3, 0.4) is 0 Å². The van der Waals surface area contributed by atoms with E-state index < -0.39 is 11.9 Å². The second-order valence-electron chi connectivity index (χ2n) is 8.12. The number of ketones is 2. The van der Waals surface area contributed by atoms with Crippen LogP contribution in [0, 0.1) is 11.3 Å². The molecule has 0 radical (unpaired) electrons. The van der Waals surface area contributed by atoms with Gasteiger partial charge in [0.15, 0.2) is 5.78 Å². The summed E-state index contributed by atoms with van der Waals surface area (Å²) in [4.78, 5) is 40.7. The summed E-state index contributed by atoms with van der Waals surface area (Å²) in [6.45, 7) is 4.60. The van der Waals surface area contributed by atoms with Crippen LogP contribution in [0.2, 0.25) is 0 Å². The lowest BCUT2D eigenvalue weighted by atomic mass is 9.69. The van der Waals surface area contributed by atoms with E-state index in [0.717, 1.165) is 18.4 Å². The van der Waals surface area contributed by atoms with Crippen molar-refractivity contribution in [3.63, 3.8) is 0 Å². The third-order valence-electron chi connectivity index (χ3n) is 4.87. The van der Waals surface area contributed by atoms with Gasteiger partial charge < -0.3 is 5.11 Å². The van der Waals surface area contributed by atoms with Crippen LogP contribution in [0.25, 0.3) is 0 Å². The number of carbonyl (C=O) groups excluding carboxylic acids is 2. The van der Waals surface area contributed by atoms with E-state index in [9.17, 15) is 14.4 Å². The highest BCUT2D eigenvalue weighted by atomic mass is 16.4. The molecule has 1 fully saturated rings. The fourth-order valence-corrected chi connectivity index (χ4v) is 3.61. The first kappa shape index (κ1) is 21.0. The van der Waals surface area contributed by atoms with Gasteiger partial charge in [0.2, 0.25) is 0 Å². The summed E-state index contributed by atoms with van der Waals surface area (Å²) < 4.78 is 0. The van der Waals surface area contributed by atoms with Crippen LogP contribution in [0.15, 0.2) is 35.3 Å². The number of benzene rings is 1. The van der Waals surface area contributed by atoms with E-state index in [2.05, 4.69) is 4.99 Å². The minimum absolute atomic E-state index is 0.0307. The fourth-order valence-electron chi connectivity index (χ4n) is 3.61. The minimum Gasteiger partial charge on any atom is -0.481 e. The first-order valence-corrected chi connectivity index (χ1v) is 9.63. The number of unbranched alkanes of at least 4 members (excludes halogenated alkanes) is 2. The Bertz CT molecular complexity index is 706. The molecule has 1 atom stereocenters. The smallest absolute Gasteiger partial charge is 0.303 e. The van der Waals surface area contributed by atoms with E-state index >= 15 is 0 Å². The minimum atomic E-state index is -0.785. The highest BCUT2D eigenvalue weighted by Gasteiger charge is 2.41. The van der Waals surface area contributed by atoms with Gasteiger partial charge in [-0.15, -0.1) is 0 Å². The number of nitrogens with zero attached hydrogens (tertiary/aromatic N) is 1. The molecule has 1 aliphatic rings. The van der Waals surface area contributed by atoms with Gasteiger partial charge in [-0.25, -0.2) is 0 Å². The summed E-state index contributed by atoms with van der Waals surface area (Å²) in [7, 11) is 0. The number of hydrogen-bond acceptors (Lipinski definition) is 4. The van der Waals surface area contributed by atoms with Crippen molar-refractivity contribution in [1.29, 1.82) is 0 Å².